The van der Waals surface area contributed by atoms with E-state index in [0.717, 1.165) is 56.3 Å². The maximum absolute atomic E-state index is 5.12. The molecule has 8 aromatic rings. The summed E-state index contributed by atoms with van der Waals surface area (Å²) in [6.07, 6.45) is 0. The first-order chi connectivity index (χ1) is 23.3. The zero-order chi connectivity index (χ0) is 31.4. The van der Waals surface area contributed by atoms with Crippen LogP contribution in [0.4, 0.5) is 17.1 Å². The van der Waals surface area contributed by atoms with Crippen molar-refractivity contribution in [2.24, 2.45) is 0 Å². The minimum absolute atomic E-state index is 0.706. The summed E-state index contributed by atoms with van der Waals surface area (Å²) in [6, 6.07) is 65.6. The highest BCUT2D eigenvalue weighted by atomic mass is 15.1. The molecule has 0 spiro atoms. The highest BCUT2D eigenvalue weighted by Gasteiger charge is 2.14. The molecule has 0 saturated carbocycles. The second-order valence-electron chi connectivity index (χ2n) is 11.5. The Kier molecular flexibility index (Phi) is 7.54. The molecule has 3 nitrogen and oxygen atoms in total. The molecule has 0 amide bonds. The third-order valence-electron chi connectivity index (χ3n) is 8.49. The Hall–Kier alpha value is -6.32. The van der Waals surface area contributed by atoms with Gasteiger partial charge in [-0.25, -0.2) is 9.97 Å². The molecule has 222 valence electrons. The molecule has 0 saturated heterocycles. The average Bonchev–Trinajstić information content (AvgIpc) is 3.16. The number of hydrogen-bond donors (Lipinski definition) is 0. The van der Waals surface area contributed by atoms with Gasteiger partial charge in [-0.1, -0.05) is 146 Å². The van der Waals surface area contributed by atoms with Gasteiger partial charge in [0.25, 0.3) is 0 Å². The largest absolute Gasteiger partial charge is 0.311 e. The van der Waals surface area contributed by atoms with Crippen LogP contribution < -0.4 is 4.90 Å². The number of anilines is 3. The molecular formula is C44H31N3. The van der Waals surface area contributed by atoms with Crippen LogP contribution in [0.1, 0.15) is 0 Å². The molecule has 0 aliphatic heterocycles. The minimum atomic E-state index is 0.706. The van der Waals surface area contributed by atoms with E-state index >= 15 is 0 Å². The topological polar surface area (TPSA) is 29.0 Å². The minimum Gasteiger partial charge on any atom is -0.311 e. The number of fused-ring (bicyclic) bond motifs is 1. The third kappa shape index (κ3) is 5.79. The van der Waals surface area contributed by atoms with Crippen molar-refractivity contribution in [1.82, 2.24) is 9.97 Å². The van der Waals surface area contributed by atoms with E-state index in [0.29, 0.717) is 5.82 Å². The summed E-state index contributed by atoms with van der Waals surface area (Å²) < 4.78 is 0. The van der Waals surface area contributed by atoms with Crippen LogP contribution in [0.2, 0.25) is 0 Å². The van der Waals surface area contributed by atoms with E-state index < -0.39 is 0 Å². The first-order valence-corrected chi connectivity index (χ1v) is 15.8. The van der Waals surface area contributed by atoms with Crippen LogP contribution in [0, 0.1) is 0 Å². The maximum atomic E-state index is 5.12. The first-order valence-electron chi connectivity index (χ1n) is 15.8. The van der Waals surface area contributed by atoms with Gasteiger partial charge in [0.05, 0.1) is 11.4 Å². The molecular weight excluding hydrogens is 571 g/mol. The van der Waals surface area contributed by atoms with Crippen LogP contribution in [0.25, 0.3) is 55.8 Å². The molecule has 0 unspecified atom stereocenters. The van der Waals surface area contributed by atoms with E-state index in [9.17, 15) is 0 Å². The first kappa shape index (κ1) is 28.2. The fourth-order valence-electron chi connectivity index (χ4n) is 6.14. The number of hydrogen-bond acceptors (Lipinski definition) is 3. The summed E-state index contributed by atoms with van der Waals surface area (Å²) in [6.45, 7) is 0. The second kappa shape index (κ2) is 12.6. The molecule has 1 aromatic heterocycles. The van der Waals surface area contributed by atoms with E-state index in [1.54, 1.807) is 0 Å². The van der Waals surface area contributed by atoms with Crippen molar-refractivity contribution >= 4 is 27.8 Å². The van der Waals surface area contributed by atoms with Crippen molar-refractivity contribution in [2.45, 2.75) is 0 Å². The van der Waals surface area contributed by atoms with E-state index in [4.69, 9.17) is 9.97 Å². The van der Waals surface area contributed by atoms with Crippen LogP contribution in [-0.2, 0) is 0 Å². The molecule has 0 aliphatic carbocycles. The number of benzene rings is 7. The third-order valence-corrected chi connectivity index (χ3v) is 8.49. The predicted molar refractivity (Wildman–Crippen MR) is 196 cm³/mol. The van der Waals surface area contributed by atoms with Crippen molar-refractivity contribution in [1.29, 1.82) is 0 Å². The zero-order valence-corrected chi connectivity index (χ0v) is 25.7. The van der Waals surface area contributed by atoms with Gasteiger partial charge in [0.2, 0.25) is 0 Å². The van der Waals surface area contributed by atoms with Crippen LogP contribution in [0.3, 0.4) is 0 Å². The molecule has 3 heteroatoms. The van der Waals surface area contributed by atoms with Crippen LogP contribution in [-0.4, -0.2) is 9.97 Å². The normalized spacial score (nSPS) is 11.0. The summed E-state index contributed by atoms with van der Waals surface area (Å²) in [5.41, 5.74) is 10.6. The lowest BCUT2D eigenvalue weighted by Gasteiger charge is -2.25. The van der Waals surface area contributed by atoms with Crippen LogP contribution in [0.5, 0.6) is 0 Å². The summed E-state index contributed by atoms with van der Waals surface area (Å²) in [5, 5.41) is 2.37. The van der Waals surface area contributed by atoms with Gasteiger partial charge in [0, 0.05) is 33.8 Å². The quantitative estimate of drug-likeness (QED) is 0.182. The van der Waals surface area contributed by atoms with Gasteiger partial charge in [0.1, 0.15) is 0 Å². The Balaban J connectivity index is 1.14. The van der Waals surface area contributed by atoms with Crippen LogP contribution >= 0.6 is 0 Å². The molecule has 7 aromatic carbocycles. The summed E-state index contributed by atoms with van der Waals surface area (Å²) in [7, 11) is 0. The number of rotatable bonds is 7. The Morgan fingerprint density at radius 2 is 0.830 bits per heavy atom. The molecule has 0 radical (unpaired) electrons. The van der Waals surface area contributed by atoms with Gasteiger partial charge in [0.15, 0.2) is 5.82 Å². The Morgan fingerprint density at radius 1 is 0.340 bits per heavy atom. The van der Waals surface area contributed by atoms with Crippen molar-refractivity contribution in [3.8, 4) is 45.0 Å². The molecule has 0 bridgehead atoms. The van der Waals surface area contributed by atoms with Crippen molar-refractivity contribution in [3.63, 3.8) is 0 Å². The lowest BCUT2D eigenvalue weighted by molar-refractivity contribution is 1.18. The monoisotopic (exact) mass is 601 g/mol. The summed E-state index contributed by atoms with van der Waals surface area (Å²) in [4.78, 5) is 12.5. The fraction of sp³-hybridized carbons (Fsp3) is 0. The van der Waals surface area contributed by atoms with E-state index in [-0.39, 0.29) is 0 Å². The molecule has 1 heterocycles. The summed E-state index contributed by atoms with van der Waals surface area (Å²) in [5.74, 6) is 0.706. The number of para-hydroxylation sites is 2. The van der Waals surface area contributed by atoms with Crippen molar-refractivity contribution < 1.29 is 0 Å². The fourth-order valence-corrected chi connectivity index (χ4v) is 6.14. The summed E-state index contributed by atoms with van der Waals surface area (Å²) >= 11 is 0. The smallest absolute Gasteiger partial charge is 0.160 e. The standard InChI is InChI=1S/C44H31N3/c1-4-14-35(15-5-1)42-31-43(41-22-12-16-34-13-10-11-21-40(34)41)46-44(45-42)36-25-23-32(24-26-36)33-27-29-39(30-28-33)47(37-17-6-2-7-18-37)38-19-8-3-9-20-38/h1-31H. The highest BCUT2D eigenvalue weighted by molar-refractivity contribution is 5.96. The Morgan fingerprint density at radius 3 is 1.49 bits per heavy atom. The van der Waals surface area contributed by atoms with Crippen LogP contribution in [0.15, 0.2) is 188 Å². The average molecular weight is 602 g/mol. The van der Waals surface area contributed by atoms with Gasteiger partial charge in [-0.05, 0) is 64.4 Å². The van der Waals surface area contributed by atoms with Gasteiger partial charge < -0.3 is 4.90 Å². The number of aromatic nitrogens is 2. The SMILES string of the molecule is c1ccc(-c2cc(-c3cccc4ccccc34)nc(-c3ccc(-c4ccc(N(c5ccccc5)c5ccccc5)cc4)cc3)n2)cc1. The lowest BCUT2D eigenvalue weighted by atomic mass is 10.00. The molecule has 8 rings (SSSR count). The van der Waals surface area contributed by atoms with Gasteiger partial charge in [-0.3, -0.25) is 0 Å². The molecule has 0 fully saturated rings. The van der Waals surface area contributed by atoms with Gasteiger partial charge in [-0.2, -0.15) is 0 Å². The van der Waals surface area contributed by atoms with Crippen molar-refractivity contribution in [2.75, 3.05) is 4.90 Å². The molecule has 47 heavy (non-hydrogen) atoms. The van der Waals surface area contributed by atoms with Gasteiger partial charge >= 0.3 is 0 Å². The van der Waals surface area contributed by atoms with Gasteiger partial charge in [-0.15, -0.1) is 0 Å². The Bertz CT molecular complexity index is 2220. The maximum Gasteiger partial charge on any atom is 0.160 e. The lowest BCUT2D eigenvalue weighted by Crippen LogP contribution is -2.09. The zero-order valence-electron chi connectivity index (χ0n) is 25.7. The predicted octanol–water partition coefficient (Wildman–Crippen LogP) is 11.8. The van der Waals surface area contributed by atoms with E-state index in [2.05, 4.69) is 163 Å². The molecule has 0 N–H and O–H groups in total. The molecule has 0 atom stereocenters. The van der Waals surface area contributed by atoms with E-state index in [1.165, 1.54) is 10.8 Å². The Labute approximate surface area is 275 Å². The number of nitrogens with zero attached hydrogens (tertiary/aromatic N) is 3. The highest BCUT2D eigenvalue weighted by Crippen LogP contribution is 2.36. The second-order valence-corrected chi connectivity index (χ2v) is 11.5. The molecule has 0 aliphatic rings. The van der Waals surface area contributed by atoms with Crippen molar-refractivity contribution in [3.05, 3.63) is 188 Å². The van der Waals surface area contributed by atoms with E-state index in [1.807, 2.05) is 30.3 Å².